The second-order valence-corrected chi connectivity index (χ2v) is 4.63. The Morgan fingerprint density at radius 3 is 2.20 bits per heavy atom. The second kappa shape index (κ2) is 6.09. The van der Waals surface area contributed by atoms with Gasteiger partial charge in [-0.2, -0.15) is 0 Å². The van der Waals surface area contributed by atoms with Crippen LogP contribution in [0.2, 0.25) is 0 Å². The molecule has 4 heteroatoms. The minimum absolute atomic E-state index is 0.150. The van der Waals surface area contributed by atoms with Crippen LogP contribution in [-0.4, -0.2) is 6.54 Å². The molecule has 0 heterocycles. The lowest BCUT2D eigenvalue weighted by molar-refractivity contribution is 0.491. The standard InChI is InChI=1S/C16H16F3N/c1-3-20-16(12-7-5-4-6-10(12)2)15-13(18)8-11(17)9-14(15)19/h4-9,16,20H,3H2,1-2H3. The van der Waals surface area contributed by atoms with Crippen LogP contribution in [-0.2, 0) is 0 Å². The lowest BCUT2D eigenvalue weighted by Crippen LogP contribution is -2.25. The van der Waals surface area contributed by atoms with Gasteiger partial charge in [0.1, 0.15) is 17.5 Å². The summed E-state index contributed by atoms with van der Waals surface area (Å²) >= 11 is 0. The van der Waals surface area contributed by atoms with Crippen LogP contribution in [0.1, 0.15) is 29.7 Å². The Kier molecular flexibility index (Phi) is 4.45. The summed E-state index contributed by atoms with van der Waals surface area (Å²) in [5.41, 5.74) is 1.54. The summed E-state index contributed by atoms with van der Waals surface area (Å²) in [6.45, 7) is 4.26. The molecule has 0 aliphatic rings. The number of hydrogen-bond donors (Lipinski definition) is 1. The second-order valence-electron chi connectivity index (χ2n) is 4.63. The molecule has 0 aromatic heterocycles. The minimum atomic E-state index is -0.913. The Hall–Kier alpha value is -1.81. The van der Waals surface area contributed by atoms with Gasteiger partial charge in [0, 0.05) is 17.7 Å². The molecule has 0 saturated heterocycles. The van der Waals surface area contributed by atoms with Gasteiger partial charge in [0.2, 0.25) is 0 Å². The molecular weight excluding hydrogens is 263 g/mol. The van der Waals surface area contributed by atoms with Crippen molar-refractivity contribution in [2.75, 3.05) is 6.54 Å². The molecule has 0 spiro atoms. The van der Waals surface area contributed by atoms with Crippen LogP contribution in [0.25, 0.3) is 0 Å². The van der Waals surface area contributed by atoms with E-state index >= 15 is 0 Å². The first-order valence-electron chi connectivity index (χ1n) is 6.48. The molecule has 2 aromatic carbocycles. The van der Waals surface area contributed by atoms with Crippen molar-refractivity contribution in [1.29, 1.82) is 0 Å². The highest BCUT2D eigenvalue weighted by molar-refractivity contribution is 5.38. The molecule has 0 bridgehead atoms. The van der Waals surface area contributed by atoms with E-state index in [0.29, 0.717) is 18.7 Å². The molecule has 2 rings (SSSR count). The highest BCUT2D eigenvalue weighted by atomic mass is 19.1. The van der Waals surface area contributed by atoms with Crippen molar-refractivity contribution in [2.24, 2.45) is 0 Å². The van der Waals surface area contributed by atoms with Gasteiger partial charge in [0.15, 0.2) is 0 Å². The van der Waals surface area contributed by atoms with Crippen molar-refractivity contribution >= 4 is 0 Å². The zero-order valence-corrected chi connectivity index (χ0v) is 11.4. The quantitative estimate of drug-likeness (QED) is 0.888. The van der Waals surface area contributed by atoms with E-state index in [-0.39, 0.29) is 5.56 Å². The van der Waals surface area contributed by atoms with Gasteiger partial charge in [0.05, 0.1) is 6.04 Å². The zero-order valence-electron chi connectivity index (χ0n) is 11.4. The summed E-state index contributed by atoms with van der Waals surface area (Å²) in [6, 6.07) is 8.14. The van der Waals surface area contributed by atoms with Crippen molar-refractivity contribution in [2.45, 2.75) is 19.9 Å². The first-order chi connectivity index (χ1) is 9.54. The molecule has 0 amide bonds. The van der Waals surface area contributed by atoms with E-state index in [0.717, 1.165) is 11.1 Å². The molecule has 1 N–H and O–H groups in total. The summed E-state index contributed by atoms with van der Waals surface area (Å²) in [5.74, 6) is -2.67. The first kappa shape index (κ1) is 14.6. The molecular formula is C16H16F3N. The first-order valence-corrected chi connectivity index (χ1v) is 6.48. The summed E-state index contributed by atoms with van der Waals surface area (Å²) in [5, 5.41) is 3.05. The third-order valence-electron chi connectivity index (χ3n) is 3.24. The van der Waals surface area contributed by atoms with Crippen LogP contribution in [0.5, 0.6) is 0 Å². The van der Waals surface area contributed by atoms with Crippen LogP contribution in [0, 0.1) is 24.4 Å². The van der Waals surface area contributed by atoms with Gasteiger partial charge < -0.3 is 5.32 Å². The van der Waals surface area contributed by atoms with E-state index in [1.165, 1.54) is 0 Å². The molecule has 20 heavy (non-hydrogen) atoms. The van der Waals surface area contributed by atoms with Crippen LogP contribution in [0.15, 0.2) is 36.4 Å². The number of halogens is 3. The number of hydrogen-bond acceptors (Lipinski definition) is 1. The van der Waals surface area contributed by atoms with Gasteiger partial charge in [-0.1, -0.05) is 31.2 Å². The number of rotatable bonds is 4. The van der Waals surface area contributed by atoms with Gasteiger partial charge in [0.25, 0.3) is 0 Å². The minimum Gasteiger partial charge on any atom is -0.306 e. The predicted molar refractivity (Wildman–Crippen MR) is 73.0 cm³/mol. The van der Waals surface area contributed by atoms with Crippen LogP contribution >= 0.6 is 0 Å². The Labute approximate surface area is 116 Å². The topological polar surface area (TPSA) is 12.0 Å². The Morgan fingerprint density at radius 2 is 1.65 bits per heavy atom. The van der Waals surface area contributed by atoms with E-state index in [1.54, 1.807) is 0 Å². The number of benzene rings is 2. The van der Waals surface area contributed by atoms with Gasteiger partial charge in [-0.25, -0.2) is 13.2 Å². The third kappa shape index (κ3) is 2.85. The summed E-state index contributed by atoms with van der Waals surface area (Å²) in [7, 11) is 0. The predicted octanol–water partition coefficient (Wildman–Crippen LogP) is 4.11. The smallest absolute Gasteiger partial charge is 0.134 e. The normalized spacial score (nSPS) is 12.4. The fourth-order valence-electron chi connectivity index (χ4n) is 2.31. The summed E-state index contributed by atoms with van der Waals surface area (Å²) in [6.07, 6.45) is 0. The number of nitrogens with one attached hydrogen (secondary N) is 1. The molecule has 2 aromatic rings. The Balaban J connectivity index is 2.58. The molecule has 0 fully saturated rings. The van der Waals surface area contributed by atoms with Crippen molar-refractivity contribution in [1.82, 2.24) is 5.32 Å². The molecule has 0 radical (unpaired) electrons. The summed E-state index contributed by atoms with van der Waals surface area (Å²) < 4.78 is 41.0. The van der Waals surface area contributed by atoms with Crippen LogP contribution in [0.3, 0.4) is 0 Å². The van der Waals surface area contributed by atoms with Crippen LogP contribution in [0.4, 0.5) is 13.2 Å². The molecule has 106 valence electrons. The lowest BCUT2D eigenvalue weighted by atomic mass is 9.94. The van der Waals surface area contributed by atoms with Crippen molar-refractivity contribution in [3.63, 3.8) is 0 Å². The van der Waals surface area contributed by atoms with E-state index < -0.39 is 23.5 Å². The Morgan fingerprint density at radius 1 is 1.05 bits per heavy atom. The molecule has 1 atom stereocenters. The van der Waals surface area contributed by atoms with Crippen molar-refractivity contribution in [3.05, 3.63) is 70.5 Å². The van der Waals surface area contributed by atoms with E-state index in [4.69, 9.17) is 0 Å². The molecule has 0 aliphatic heterocycles. The number of aryl methyl sites for hydroxylation is 1. The monoisotopic (exact) mass is 279 g/mol. The van der Waals surface area contributed by atoms with Gasteiger partial charge in [-0.15, -0.1) is 0 Å². The average molecular weight is 279 g/mol. The molecule has 1 nitrogen and oxygen atoms in total. The third-order valence-corrected chi connectivity index (χ3v) is 3.24. The fraction of sp³-hybridized carbons (Fsp3) is 0.250. The Bertz CT molecular complexity index is 587. The highest BCUT2D eigenvalue weighted by Crippen LogP contribution is 2.29. The van der Waals surface area contributed by atoms with Crippen molar-refractivity contribution < 1.29 is 13.2 Å². The fourth-order valence-corrected chi connectivity index (χ4v) is 2.31. The van der Waals surface area contributed by atoms with Gasteiger partial charge in [-0.3, -0.25) is 0 Å². The van der Waals surface area contributed by atoms with Gasteiger partial charge >= 0.3 is 0 Å². The summed E-state index contributed by atoms with van der Waals surface area (Å²) in [4.78, 5) is 0. The van der Waals surface area contributed by atoms with E-state index in [1.807, 2.05) is 38.1 Å². The van der Waals surface area contributed by atoms with Crippen LogP contribution < -0.4 is 5.32 Å². The van der Waals surface area contributed by atoms with Crippen molar-refractivity contribution in [3.8, 4) is 0 Å². The highest BCUT2D eigenvalue weighted by Gasteiger charge is 2.23. The molecule has 1 unspecified atom stereocenters. The lowest BCUT2D eigenvalue weighted by Gasteiger charge is -2.22. The zero-order chi connectivity index (χ0) is 14.7. The SMILES string of the molecule is CCNC(c1ccccc1C)c1c(F)cc(F)cc1F. The average Bonchev–Trinajstić information content (AvgIpc) is 2.37. The molecule has 0 saturated carbocycles. The molecule has 0 aliphatic carbocycles. The maximum Gasteiger partial charge on any atom is 0.134 e. The largest absolute Gasteiger partial charge is 0.306 e. The maximum absolute atomic E-state index is 14.0. The van der Waals surface area contributed by atoms with E-state index in [9.17, 15) is 13.2 Å². The van der Waals surface area contributed by atoms with E-state index in [2.05, 4.69) is 5.32 Å². The van der Waals surface area contributed by atoms with Gasteiger partial charge in [-0.05, 0) is 24.6 Å². The maximum atomic E-state index is 14.0.